The van der Waals surface area contributed by atoms with Gasteiger partial charge in [-0.25, -0.2) is 9.59 Å². The molecule has 6 heteroatoms. The van der Waals surface area contributed by atoms with Gasteiger partial charge in [0, 0.05) is 27.2 Å². The van der Waals surface area contributed by atoms with Crippen molar-refractivity contribution in [3.8, 4) is 0 Å². The number of unbranched alkanes of at least 4 members (excludes halogenated alkanes) is 3. The molecule has 0 heterocycles. The number of hydrogen-bond acceptors (Lipinski definition) is 4. The van der Waals surface area contributed by atoms with Crippen molar-refractivity contribution in [2.75, 3.05) is 41.4 Å². The maximum absolute atomic E-state index is 11.1. The average molecular weight is 260 g/mol. The van der Waals surface area contributed by atoms with Crippen LogP contribution in [0, 0.1) is 0 Å². The maximum atomic E-state index is 11.1. The number of nitrogens with zero attached hydrogens (tertiary/aromatic N) is 2. The molecule has 106 valence electrons. The second-order valence-corrected chi connectivity index (χ2v) is 4.20. The Balaban J connectivity index is 3.46. The smallest absolute Gasteiger partial charge is 0.409 e. The fraction of sp³-hybridized carbons (Fsp3) is 0.833. The lowest BCUT2D eigenvalue weighted by atomic mass is 10.2. The van der Waals surface area contributed by atoms with Crippen molar-refractivity contribution in [2.45, 2.75) is 25.7 Å². The number of amides is 2. The second kappa shape index (κ2) is 9.56. The molecule has 0 bridgehead atoms. The van der Waals surface area contributed by atoms with Crippen molar-refractivity contribution in [3.63, 3.8) is 0 Å². The van der Waals surface area contributed by atoms with Crippen molar-refractivity contribution in [1.29, 1.82) is 0 Å². The quantitative estimate of drug-likeness (QED) is 0.656. The van der Waals surface area contributed by atoms with Crippen LogP contribution in [0.2, 0.25) is 0 Å². The Bertz CT molecular complexity index is 232. The van der Waals surface area contributed by atoms with E-state index in [-0.39, 0.29) is 12.2 Å². The van der Waals surface area contributed by atoms with Crippen LogP contribution in [0.1, 0.15) is 25.7 Å². The highest BCUT2D eigenvalue weighted by atomic mass is 16.5. The predicted molar refractivity (Wildman–Crippen MR) is 68.5 cm³/mol. The van der Waals surface area contributed by atoms with Gasteiger partial charge in [0.05, 0.1) is 14.2 Å². The van der Waals surface area contributed by atoms with Gasteiger partial charge in [0.15, 0.2) is 0 Å². The number of carbonyl (C=O) groups is 2. The minimum Gasteiger partial charge on any atom is -0.453 e. The molecule has 0 atom stereocenters. The van der Waals surface area contributed by atoms with Gasteiger partial charge in [-0.15, -0.1) is 0 Å². The highest BCUT2D eigenvalue weighted by Gasteiger charge is 2.08. The topological polar surface area (TPSA) is 59.1 Å². The summed E-state index contributed by atoms with van der Waals surface area (Å²) in [6.07, 6.45) is 3.31. The molecule has 0 spiro atoms. The Kier molecular flexibility index (Phi) is 8.78. The molecular weight excluding hydrogens is 236 g/mol. The summed E-state index contributed by atoms with van der Waals surface area (Å²) in [6.45, 7) is 1.39. The Morgan fingerprint density at radius 2 is 1.11 bits per heavy atom. The summed E-state index contributed by atoms with van der Waals surface area (Å²) in [5, 5.41) is 0. The summed E-state index contributed by atoms with van der Waals surface area (Å²) < 4.78 is 9.18. The van der Waals surface area contributed by atoms with Gasteiger partial charge in [-0.2, -0.15) is 0 Å². The minimum absolute atomic E-state index is 0.305. The number of ether oxygens (including phenoxy) is 2. The maximum Gasteiger partial charge on any atom is 0.409 e. The molecule has 0 aromatic carbocycles. The van der Waals surface area contributed by atoms with Gasteiger partial charge in [0.1, 0.15) is 0 Å². The van der Waals surface area contributed by atoms with E-state index in [4.69, 9.17) is 0 Å². The summed E-state index contributed by atoms with van der Waals surface area (Å²) in [6, 6.07) is 0. The Morgan fingerprint density at radius 3 is 1.39 bits per heavy atom. The van der Waals surface area contributed by atoms with Gasteiger partial charge in [-0.05, 0) is 12.8 Å². The molecule has 0 fully saturated rings. The van der Waals surface area contributed by atoms with Gasteiger partial charge in [0.2, 0.25) is 0 Å². The first-order valence-electron chi connectivity index (χ1n) is 6.11. The zero-order valence-electron chi connectivity index (χ0n) is 11.8. The van der Waals surface area contributed by atoms with E-state index in [9.17, 15) is 9.59 Å². The van der Waals surface area contributed by atoms with E-state index in [0.29, 0.717) is 13.1 Å². The highest BCUT2D eigenvalue weighted by molar-refractivity contribution is 5.67. The van der Waals surface area contributed by atoms with E-state index in [1.807, 2.05) is 0 Å². The van der Waals surface area contributed by atoms with Crippen LogP contribution in [0.15, 0.2) is 0 Å². The lowest BCUT2D eigenvalue weighted by Gasteiger charge is -2.16. The first-order valence-corrected chi connectivity index (χ1v) is 6.11. The molecule has 0 N–H and O–H groups in total. The van der Waals surface area contributed by atoms with Gasteiger partial charge >= 0.3 is 12.2 Å². The fourth-order valence-corrected chi connectivity index (χ4v) is 1.55. The molecule has 0 saturated carbocycles. The van der Waals surface area contributed by atoms with Crippen LogP contribution in [0.3, 0.4) is 0 Å². The summed E-state index contributed by atoms with van der Waals surface area (Å²) in [7, 11) is 6.19. The number of methoxy groups -OCH3 is 2. The molecule has 0 rings (SSSR count). The fourth-order valence-electron chi connectivity index (χ4n) is 1.55. The summed E-state index contributed by atoms with van der Waals surface area (Å²) in [5.41, 5.74) is 0. The monoisotopic (exact) mass is 260 g/mol. The molecule has 0 radical (unpaired) electrons. The highest BCUT2D eigenvalue weighted by Crippen LogP contribution is 2.03. The van der Waals surface area contributed by atoms with Crippen LogP contribution in [0.4, 0.5) is 9.59 Å². The number of hydrogen-bond donors (Lipinski definition) is 0. The second-order valence-electron chi connectivity index (χ2n) is 4.20. The van der Waals surface area contributed by atoms with E-state index in [1.54, 1.807) is 23.9 Å². The van der Waals surface area contributed by atoms with Crippen LogP contribution < -0.4 is 0 Å². The normalized spacial score (nSPS) is 9.78. The Hall–Kier alpha value is -1.46. The summed E-state index contributed by atoms with van der Waals surface area (Å²) in [4.78, 5) is 25.3. The molecule has 0 aliphatic carbocycles. The van der Waals surface area contributed by atoms with Crippen LogP contribution in [-0.2, 0) is 9.47 Å². The predicted octanol–water partition coefficient (Wildman–Crippen LogP) is 1.94. The standard InChI is InChI=1S/C12H24N2O4/c1-13(11(15)17-3)9-7-5-6-8-10-14(2)12(16)18-4/h5-10H2,1-4H3. The van der Waals surface area contributed by atoms with Gasteiger partial charge < -0.3 is 19.3 Å². The van der Waals surface area contributed by atoms with Crippen LogP contribution in [0.25, 0.3) is 0 Å². The van der Waals surface area contributed by atoms with Gasteiger partial charge in [0.25, 0.3) is 0 Å². The lowest BCUT2D eigenvalue weighted by molar-refractivity contribution is 0.130. The molecule has 18 heavy (non-hydrogen) atoms. The lowest BCUT2D eigenvalue weighted by Crippen LogP contribution is -2.28. The van der Waals surface area contributed by atoms with Crippen molar-refractivity contribution in [2.24, 2.45) is 0 Å². The van der Waals surface area contributed by atoms with Crippen molar-refractivity contribution in [1.82, 2.24) is 9.80 Å². The molecule has 0 saturated heterocycles. The van der Waals surface area contributed by atoms with Crippen molar-refractivity contribution >= 4 is 12.2 Å². The summed E-state index contributed by atoms with van der Waals surface area (Å²) >= 11 is 0. The van der Waals surface area contributed by atoms with Crippen LogP contribution in [0.5, 0.6) is 0 Å². The van der Waals surface area contributed by atoms with Crippen molar-refractivity contribution in [3.05, 3.63) is 0 Å². The average Bonchev–Trinajstić information content (AvgIpc) is 2.39. The van der Waals surface area contributed by atoms with Gasteiger partial charge in [-0.1, -0.05) is 12.8 Å². The zero-order chi connectivity index (χ0) is 14.0. The zero-order valence-corrected chi connectivity index (χ0v) is 11.8. The van der Waals surface area contributed by atoms with E-state index in [1.165, 1.54) is 14.2 Å². The molecule has 0 aromatic heterocycles. The minimum atomic E-state index is -0.305. The first kappa shape index (κ1) is 16.5. The third-order valence-electron chi connectivity index (χ3n) is 2.71. The molecule has 0 unspecified atom stereocenters. The molecule has 2 amide bonds. The van der Waals surface area contributed by atoms with Crippen LogP contribution >= 0.6 is 0 Å². The third kappa shape index (κ3) is 6.98. The molecule has 6 nitrogen and oxygen atoms in total. The largest absolute Gasteiger partial charge is 0.453 e. The van der Waals surface area contributed by atoms with E-state index in [0.717, 1.165) is 25.7 Å². The SMILES string of the molecule is COC(=O)N(C)CCCCCCN(C)C(=O)OC. The van der Waals surface area contributed by atoms with Gasteiger partial charge in [-0.3, -0.25) is 0 Å². The van der Waals surface area contributed by atoms with E-state index >= 15 is 0 Å². The Morgan fingerprint density at radius 1 is 0.778 bits per heavy atom. The van der Waals surface area contributed by atoms with Crippen LogP contribution in [-0.4, -0.2) is 63.4 Å². The van der Waals surface area contributed by atoms with Crippen molar-refractivity contribution < 1.29 is 19.1 Å². The molecule has 0 aliphatic heterocycles. The molecule has 0 aliphatic rings. The number of carbonyl (C=O) groups excluding carboxylic acids is 2. The Labute approximate surface area is 109 Å². The molecule has 0 aromatic rings. The van der Waals surface area contributed by atoms with E-state index in [2.05, 4.69) is 9.47 Å². The summed E-state index contributed by atoms with van der Waals surface area (Å²) in [5.74, 6) is 0. The number of rotatable bonds is 7. The first-order chi connectivity index (χ1) is 8.52. The third-order valence-corrected chi connectivity index (χ3v) is 2.71. The van der Waals surface area contributed by atoms with E-state index < -0.39 is 0 Å². The molecular formula is C12H24N2O4.